The molecule has 0 bridgehead atoms. The summed E-state index contributed by atoms with van der Waals surface area (Å²) >= 11 is 0. The van der Waals surface area contributed by atoms with E-state index < -0.39 is 17.9 Å². The van der Waals surface area contributed by atoms with Crippen LogP contribution < -0.4 is 10.2 Å². The van der Waals surface area contributed by atoms with Gasteiger partial charge in [-0.3, -0.25) is 24.2 Å². The van der Waals surface area contributed by atoms with Crippen LogP contribution in [0.5, 0.6) is 0 Å². The highest BCUT2D eigenvalue weighted by Gasteiger charge is 2.36. The van der Waals surface area contributed by atoms with Crippen molar-refractivity contribution in [3.05, 3.63) is 95.8 Å². The van der Waals surface area contributed by atoms with Gasteiger partial charge in [-0.05, 0) is 41.8 Å². The summed E-state index contributed by atoms with van der Waals surface area (Å²) in [5.41, 5.74) is 2.89. The Morgan fingerprint density at radius 2 is 1.79 bits per heavy atom. The molecule has 2 unspecified atom stereocenters. The van der Waals surface area contributed by atoms with Crippen molar-refractivity contribution in [3.63, 3.8) is 0 Å². The Hall–Kier alpha value is -4.53. The van der Waals surface area contributed by atoms with Crippen molar-refractivity contribution in [2.24, 2.45) is 5.92 Å². The average Bonchev–Trinajstić information content (AvgIpc) is 3.34. The first-order chi connectivity index (χ1) is 18.9. The molecule has 1 saturated heterocycles. The maximum Gasteiger partial charge on any atom is 0.310 e. The fourth-order valence-electron chi connectivity index (χ4n) is 4.43. The monoisotopic (exact) mass is 529 g/mol. The van der Waals surface area contributed by atoms with Gasteiger partial charge in [0, 0.05) is 31.0 Å². The zero-order valence-corrected chi connectivity index (χ0v) is 21.7. The van der Waals surface area contributed by atoms with Crippen molar-refractivity contribution in [2.75, 3.05) is 18.1 Å². The number of carbonyl (C=O) groups excluding carboxylic acids is 4. The standard InChI is InChI=1S/C30H31N3O6/c1-2-38-29(36)17-26(23-11-7-13-31-18-23)32-30(37)24-16-27(34)33(19-24)25-12-6-10-22(14-25)15-28(35)39-20-21-8-4-3-5-9-21/h3-14,18,24,26H,2,15-17,19-20H2,1H3,(H,32,37). The summed E-state index contributed by atoms with van der Waals surface area (Å²) in [6.45, 7) is 2.34. The molecule has 0 radical (unpaired) electrons. The van der Waals surface area contributed by atoms with E-state index in [1.54, 1.807) is 60.6 Å². The van der Waals surface area contributed by atoms with Crippen LogP contribution in [-0.2, 0) is 41.7 Å². The Balaban J connectivity index is 1.37. The normalized spacial score (nSPS) is 15.5. The summed E-state index contributed by atoms with van der Waals surface area (Å²) in [6, 6.07) is 19.4. The molecular weight excluding hydrogens is 498 g/mol. The highest BCUT2D eigenvalue weighted by atomic mass is 16.5. The molecule has 1 aliphatic rings. The molecule has 2 amide bonds. The lowest BCUT2D eigenvalue weighted by molar-refractivity contribution is -0.145. The molecule has 1 fully saturated rings. The quantitative estimate of drug-likeness (QED) is 0.378. The third-order valence-corrected chi connectivity index (χ3v) is 6.39. The lowest BCUT2D eigenvalue weighted by Crippen LogP contribution is -2.36. The Labute approximate surface area is 227 Å². The van der Waals surface area contributed by atoms with Crippen molar-refractivity contribution in [2.45, 2.75) is 38.8 Å². The number of anilines is 1. The van der Waals surface area contributed by atoms with Crippen molar-refractivity contribution in [1.82, 2.24) is 10.3 Å². The van der Waals surface area contributed by atoms with Crippen molar-refractivity contribution in [1.29, 1.82) is 0 Å². The predicted molar refractivity (Wildman–Crippen MR) is 143 cm³/mol. The maximum atomic E-state index is 13.2. The molecule has 1 N–H and O–H groups in total. The highest BCUT2D eigenvalue weighted by Crippen LogP contribution is 2.27. The van der Waals surface area contributed by atoms with E-state index in [1.165, 1.54) is 0 Å². The minimum Gasteiger partial charge on any atom is -0.466 e. The largest absolute Gasteiger partial charge is 0.466 e. The van der Waals surface area contributed by atoms with Gasteiger partial charge < -0.3 is 19.7 Å². The summed E-state index contributed by atoms with van der Waals surface area (Å²) in [5.74, 6) is -1.93. The van der Waals surface area contributed by atoms with Gasteiger partial charge in [-0.15, -0.1) is 0 Å². The second-order valence-corrected chi connectivity index (χ2v) is 9.26. The third-order valence-electron chi connectivity index (χ3n) is 6.39. The number of nitrogens with one attached hydrogen (secondary N) is 1. The molecule has 0 saturated carbocycles. The number of pyridine rings is 1. The molecule has 202 valence electrons. The van der Waals surface area contributed by atoms with Crippen LogP contribution in [0.4, 0.5) is 5.69 Å². The van der Waals surface area contributed by atoms with E-state index in [4.69, 9.17) is 9.47 Å². The van der Waals surface area contributed by atoms with Crippen LogP contribution in [0.3, 0.4) is 0 Å². The van der Waals surface area contributed by atoms with E-state index >= 15 is 0 Å². The van der Waals surface area contributed by atoms with E-state index in [0.29, 0.717) is 16.8 Å². The summed E-state index contributed by atoms with van der Waals surface area (Å²) in [6.07, 6.45) is 3.25. The SMILES string of the molecule is CCOC(=O)CC(NC(=O)C1CC(=O)N(c2cccc(CC(=O)OCc3ccccc3)c2)C1)c1cccnc1. The molecule has 9 nitrogen and oxygen atoms in total. The van der Waals surface area contributed by atoms with Crippen LogP contribution in [0.25, 0.3) is 0 Å². The van der Waals surface area contributed by atoms with Gasteiger partial charge in [0.25, 0.3) is 0 Å². The molecule has 4 rings (SSSR count). The summed E-state index contributed by atoms with van der Waals surface area (Å²) in [5, 5.41) is 2.90. The summed E-state index contributed by atoms with van der Waals surface area (Å²) in [4.78, 5) is 56.2. The molecular formula is C30H31N3O6. The van der Waals surface area contributed by atoms with Crippen LogP contribution in [0.1, 0.15) is 42.5 Å². The topological polar surface area (TPSA) is 115 Å². The smallest absolute Gasteiger partial charge is 0.310 e. The van der Waals surface area contributed by atoms with Gasteiger partial charge in [0.05, 0.1) is 31.4 Å². The minimum absolute atomic E-state index is 0.0361. The van der Waals surface area contributed by atoms with Gasteiger partial charge in [-0.25, -0.2) is 0 Å². The molecule has 2 atom stereocenters. The minimum atomic E-state index is -0.625. The van der Waals surface area contributed by atoms with Crippen LogP contribution in [0.2, 0.25) is 0 Å². The first-order valence-electron chi connectivity index (χ1n) is 12.9. The van der Waals surface area contributed by atoms with E-state index in [-0.39, 0.29) is 56.8 Å². The van der Waals surface area contributed by atoms with Crippen molar-refractivity contribution < 1.29 is 28.7 Å². The number of esters is 2. The van der Waals surface area contributed by atoms with Crippen LogP contribution >= 0.6 is 0 Å². The predicted octanol–water partition coefficient (Wildman–Crippen LogP) is 3.53. The fourth-order valence-corrected chi connectivity index (χ4v) is 4.43. The van der Waals surface area contributed by atoms with Gasteiger partial charge in [0.15, 0.2) is 0 Å². The van der Waals surface area contributed by atoms with Gasteiger partial charge in [-0.1, -0.05) is 48.5 Å². The number of nitrogens with zero attached hydrogens (tertiary/aromatic N) is 2. The number of amides is 2. The number of benzene rings is 2. The van der Waals surface area contributed by atoms with Crippen molar-refractivity contribution in [3.8, 4) is 0 Å². The lowest BCUT2D eigenvalue weighted by atomic mass is 10.0. The number of carbonyl (C=O) groups is 4. The molecule has 39 heavy (non-hydrogen) atoms. The summed E-state index contributed by atoms with van der Waals surface area (Å²) < 4.78 is 10.4. The molecule has 1 aliphatic heterocycles. The molecule has 0 aliphatic carbocycles. The molecule has 2 heterocycles. The van der Waals surface area contributed by atoms with Crippen LogP contribution in [-0.4, -0.2) is 41.9 Å². The van der Waals surface area contributed by atoms with Crippen LogP contribution in [0, 0.1) is 5.92 Å². The van der Waals surface area contributed by atoms with E-state index in [1.807, 2.05) is 30.3 Å². The van der Waals surface area contributed by atoms with Crippen molar-refractivity contribution >= 4 is 29.4 Å². The molecule has 0 spiro atoms. The van der Waals surface area contributed by atoms with E-state index in [0.717, 1.165) is 5.56 Å². The zero-order valence-electron chi connectivity index (χ0n) is 21.7. The zero-order chi connectivity index (χ0) is 27.6. The van der Waals surface area contributed by atoms with E-state index in [9.17, 15) is 19.2 Å². The number of hydrogen-bond donors (Lipinski definition) is 1. The second-order valence-electron chi connectivity index (χ2n) is 9.26. The lowest BCUT2D eigenvalue weighted by Gasteiger charge is -2.21. The third kappa shape index (κ3) is 7.73. The maximum absolute atomic E-state index is 13.2. The van der Waals surface area contributed by atoms with Gasteiger partial charge in [0.2, 0.25) is 11.8 Å². The average molecular weight is 530 g/mol. The number of rotatable bonds is 11. The fraction of sp³-hybridized carbons (Fsp3) is 0.300. The highest BCUT2D eigenvalue weighted by molar-refractivity contribution is 6.00. The Morgan fingerprint density at radius 1 is 1.00 bits per heavy atom. The van der Waals surface area contributed by atoms with E-state index in [2.05, 4.69) is 10.3 Å². The summed E-state index contributed by atoms with van der Waals surface area (Å²) in [7, 11) is 0. The molecule has 3 aromatic rings. The number of hydrogen-bond acceptors (Lipinski definition) is 7. The molecule has 9 heteroatoms. The van der Waals surface area contributed by atoms with Crippen LogP contribution in [0.15, 0.2) is 79.1 Å². The number of ether oxygens (including phenoxy) is 2. The van der Waals surface area contributed by atoms with Gasteiger partial charge >= 0.3 is 11.9 Å². The Bertz CT molecular complexity index is 1300. The van der Waals surface area contributed by atoms with Gasteiger partial charge in [0.1, 0.15) is 6.61 Å². The Morgan fingerprint density at radius 3 is 2.54 bits per heavy atom. The first-order valence-corrected chi connectivity index (χ1v) is 12.9. The second kappa shape index (κ2) is 13.3. The Kier molecular flexibility index (Phi) is 9.39. The molecule has 2 aromatic carbocycles. The van der Waals surface area contributed by atoms with Gasteiger partial charge in [-0.2, -0.15) is 0 Å². The molecule has 1 aromatic heterocycles. The number of aromatic nitrogens is 1. The first kappa shape index (κ1) is 27.5.